The van der Waals surface area contributed by atoms with E-state index in [0.717, 1.165) is 25.2 Å². The number of aliphatic hydroxyl groups is 1. The van der Waals surface area contributed by atoms with Gasteiger partial charge in [0.2, 0.25) is 0 Å². The van der Waals surface area contributed by atoms with Gasteiger partial charge in [0.05, 0.1) is 6.33 Å². The molecule has 2 aromatic rings. The maximum atomic E-state index is 12.9. The Labute approximate surface area is 128 Å². The summed E-state index contributed by atoms with van der Waals surface area (Å²) in [7, 11) is 0. The van der Waals surface area contributed by atoms with E-state index in [0.29, 0.717) is 18.7 Å². The predicted molar refractivity (Wildman–Crippen MR) is 79.9 cm³/mol. The number of β-amino-alcohol motifs (C(OH)–C–C–N with tert-alkyl or cyclic N) is 1. The van der Waals surface area contributed by atoms with Crippen LogP contribution in [0.5, 0.6) is 5.75 Å². The third-order valence-electron chi connectivity index (χ3n) is 3.90. The second-order valence-corrected chi connectivity index (χ2v) is 5.86. The lowest BCUT2D eigenvalue weighted by Gasteiger charge is -2.38. The number of aromatic nitrogens is 2. The zero-order valence-corrected chi connectivity index (χ0v) is 12.3. The van der Waals surface area contributed by atoms with Crippen molar-refractivity contribution in [3.05, 3.63) is 48.3 Å². The standard InChI is InChI=1S/C16H20FN3O2/c17-13-2-4-15(5-3-13)22-11-16(21)6-1-7-20(10-16)9-14-8-18-12-19-14/h2-5,8,12,21H,1,6-7,9-11H2,(H,18,19). The minimum absolute atomic E-state index is 0.206. The zero-order chi connectivity index (χ0) is 15.4. The molecule has 0 saturated carbocycles. The van der Waals surface area contributed by atoms with Gasteiger partial charge in [-0.2, -0.15) is 0 Å². The molecule has 6 heteroatoms. The van der Waals surface area contributed by atoms with Crippen molar-refractivity contribution in [1.82, 2.24) is 14.9 Å². The van der Waals surface area contributed by atoms with Gasteiger partial charge in [-0.05, 0) is 43.7 Å². The Morgan fingerprint density at radius 2 is 2.18 bits per heavy atom. The van der Waals surface area contributed by atoms with Crippen molar-refractivity contribution >= 4 is 0 Å². The molecule has 1 fully saturated rings. The minimum atomic E-state index is -0.882. The summed E-state index contributed by atoms with van der Waals surface area (Å²) in [6, 6.07) is 5.85. The van der Waals surface area contributed by atoms with Gasteiger partial charge in [-0.1, -0.05) is 0 Å². The summed E-state index contributed by atoms with van der Waals surface area (Å²) in [4.78, 5) is 9.27. The number of piperidine rings is 1. The first kappa shape index (κ1) is 15.0. The summed E-state index contributed by atoms with van der Waals surface area (Å²) in [5.74, 6) is 0.273. The third kappa shape index (κ3) is 3.84. The van der Waals surface area contributed by atoms with E-state index >= 15 is 0 Å². The van der Waals surface area contributed by atoms with Crippen LogP contribution in [0.2, 0.25) is 0 Å². The van der Waals surface area contributed by atoms with E-state index in [-0.39, 0.29) is 12.4 Å². The number of ether oxygens (including phenoxy) is 1. The second-order valence-electron chi connectivity index (χ2n) is 5.86. The van der Waals surface area contributed by atoms with Crippen LogP contribution in [-0.4, -0.2) is 45.3 Å². The number of aromatic amines is 1. The fourth-order valence-corrected chi connectivity index (χ4v) is 2.82. The van der Waals surface area contributed by atoms with E-state index in [1.54, 1.807) is 24.7 Å². The number of likely N-dealkylation sites (tertiary alicyclic amines) is 1. The molecule has 2 heterocycles. The second kappa shape index (κ2) is 6.46. The lowest BCUT2D eigenvalue weighted by molar-refractivity contribution is -0.0623. The maximum absolute atomic E-state index is 12.9. The molecule has 1 aliphatic heterocycles. The Bertz CT molecular complexity index is 588. The number of nitrogens with zero attached hydrogens (tertiary/aromatic N) is 2. The molecule has 0 aliphatic carbocycles. The van der Waals surface area contributed by atoms with Crippen molar-refractivity contribution in [2.45, 2.75) is 25.0 Å². The van der Waals surface area contributed by atoms with Gasteiger partial charge < -0.3 is 14.8 Å². The van der Waals surface area contributed by atoms with Gasteiger partial charge in [-0.3, -0.25) is 4.90 Å². The monoisotopic (exact) mass is 305 g/mol. The summed E-state index contributed by atoms with van der Waals surface area (Å²) in [5.41, 5.74) is 0.149. The predicted octanol–water partition coefficient (Wildman–Crippen LogP) is 1.95. The first-order chi connectivity index (χ1) is 10.6. The minimum Gasteiger partial charge on any atom is -0.491 e. The van der Waals surface area contributed by atoms with E-state index in [2.05, 4.69) is 14.9 Å². The normalized spacial score (nSPS) is 22.6. The molecule has 1 aromatic carbocycles. The molecule has 2 N–H and O–H groups in total. The van der Waals surface area contributed by atoms with E-state index in [9.17, 15) is 9.50 Å². The number of nitrogens with one attached hydrogen (secondary N) is 1. The Kier molecular flexibility index (Phi) is 4.40. The van der Waals surface area contributed by atoms with Crippen LogP contribution in [0, 0.1) is 5.82 Å². The Balaban J connectivity index is 1.56. The molecule has 1 aliphatic rings. The average molecular weight is 305 g/mol. The van der Waals surface area contributed by atoms with Crippen LogP contribution < -0.4 is 4.74 Å². The zero-order valence-electron chi connectivity index (χ0n) is 12.3. The highest BCUT2D eigenvalue weighted by atomic mass is 19.1. The Hall–Kier alpha value is -1.92. The molecule has 0 amide bonds. The van der Waals surface area contributed by atoms with Crippen molar-refractivity contribution in [3.63, 3.8) is 0 Å². The van der Waals surface area contributed by atoms with E-state index in [1.165, 1.54) is 12.1 Å². The van der Waals surface area contributed by atoms with Crippen molar-refractivity contribution in [2.75, 3.05) is 19.7 Å². The molecule has 5 nitrogen and oxygen atoms in total. The Morgan fingerprint density at radius 3 is 2.91 bits per heavy atom. The van der Waals surface area contributed by atoms with Crippen LogP contribution in [0.15, 0.2) is 36.8 Å². The number of rotatable bonds is 5. The Morgan fingerprint density at radius 1 is 1.36 bits per heavy atom. The number of imidazole rings is 1. The van der Waals surface area contributed by atoms with Gasteiger partial charge in [0, 0.05) is 25.0 Å². The highest BCUT2D eigenvalue weighted by Crippen LogP contribution is 2.24. The molecule has 1 unspecified atom stereocenters. The molecule has 118 valence electrons. The summed E-state index contributed by atoms with van der Waals surface area (Å²) < 4.78 is 18.5. The van der Waals surface area contributed by atoms with Gasteiger partial charge in [0.1, 0.15) is 23.8 Å². The van der Waals surface area contributed by atoms with Gasteiger partial charge in [-0.25, -0.2) is 9.37 Å². The first-order valence-corrected chi connectivity index (χ1v) is 7.43. The number of H-pyrrole nitrogens is 1. The van der Waals surface area contributed by atoms with Gasteiger partial charge in [0.15, 0.2) is 0 Å². The third-order valence-corrected chi connectivity index (χ3v) is 3.90. The van der Waals surface area contributed by atoms with Gasteiger partial charge >= 0.3 is 0 Å². The highest BCUT2D eigenvalue weighted by Gasteiger charge is 2.34. The molecule has 0 spiro atoms. The molecule has 0 radical (unpaired) electrons. The van der Waals surface area contributed by atoms with Gasteiger partial charge in [0.25, 0.3) is 0 Å². The summed E-state index contributed by atoms with van der Waals surface area (Å²) in [6.45, 7) is 2.43. The topological polar surface area (TPSA) is 61.4 Å². The van der Waals surface area contributed by atoms with E-state index in [4.69, 9.17) is 4.74 Å². The quantitative estimate of drug-likeness (QED) is 0.886. The summed E-state index contributed by atoms with van der Waals surface area (Å²) in [5, 5.41) is 10.7. The van der Waals surface area contributed by atoms with Crippen molar-refractivity contribution < 1.29 is 14.2 Å². The number of hydrogen-bond acceptors (Lipinski definition) is 4. The highest BCUT2D eigenvalue weighted by molar-refractivity contribution is 5.22. The molecule has 3 rings (SSSR count). The van der Waals surface area contributed by atoms with E-state index < -0.39 is 5.60 Å². The lowest BCUT2D eigenvalue weighted by Crippen LogP contribution is -2.51. The largest absolute Gasteiger partial charge is 0.491 e. The molecule has 22 heavy (non-hydrogen) atoms. The maximum Gasteiger partial charge on any atom is 0.123 e. The van der Waals surface area contributed by atoms with Crippen LogP contribution in [0.1, 0.15) is 18.5 Å². The summed E-state index contributed by atoms with van der Waals surface area (Å²) >= 11 is 0. The van der Waals surface area contributed by atoms with Gasteiger partial charge in [-0.15, -0.1) is 0 Å². The van der Waals surface area contributed by atoms with Crippen molar-refractivity contribution in [2.24, 2.45) is 0 Å². The SMILES string of the molecule is OC1(COc2ccc(F)cc2)CCCN(Cc2cnc[nH]2)C1. The molecule has 1 saturated heterocycles. The van der Waals surface area contributed by atoms with Crippen molar-refractivity contribution in [1.29, 1.82) is 0 Å². The van der Waals surface area contributed by atoms with Crippen LogP contribution in [0.3, 0.4) is 0 Å². The number of halogens is 1. The lowest BCUT2D eigenvalue weighted by atomic mass is 9.93. The molecule has 1 atom stereocenters. The molecular weight excluding hydrogens is 285 g/mol. The van der Waals surface area contributed by atoms with Crippen LogP contribution in [0.25, 0.3) is 0 Å². The molecular formula is C16H20FN3O2. The van der Waals surface area contributed by atoms with E-state index in [1.807, 2.05) is 0 Å². The fourth-order valence-electron chi connectivity index (χ4n) is 2.82. The van der Waals surface area contributed by atoms with Crippen LogP contribution in [0.4, 0.5) is 4.39 Å². The number of benzene rings is 1. The smallest absolute Gasteiger partial charge is 0.123 e. The molecule has 0 bridgehead atoms. The first-order valence-electron chi connectivity index (χ1n) is 7.43. The fraction of sp³-hybridized carbons (Fsp3) is 0.438. The van der Waals surface area contributed by atoms with Crippen LogP contribution in [-0.2, 0) is 6.54 Å². The molecule has 1 aromatic heterocycles. The average Bonchev–Trinajstić information content (AvgIpc) is 3.00. The summed E-state index contributed by atoms with van der Waals surface area (Å²) in [6.07, 6.45) is 5.07. The van der Waals surface area contributed by atoms with Crippen LogP contribution >= 0.6 is 0 Å². The number of hydrogen-bond donors (Lipinski definition) is 2. The van der Waals surface area contributed by atoms with Crippen molar-refractivity contribution in [3.8, 4) is 5.75 Å².